The lowest BCUT2D eigenvalue weighted by Gasteiger charge is -2.22. The Morgan fingerprint density at radius 1 is 0.400 bits per heavy atom. The minimum absolute atomic E-state index is 0.0849. The Balaban J connectivity index is 4.29. The van der Waals surface area contributed by atoms with Gasteiger partial charge < -0.3 is 18.9 Å². The van der Waals surface area contributed by atoms with Gasteiger partial charge in [0.2, 0.25) is 0 Å². The summed E-state index contributed by atoms with van der Waals surface area (Å²) in [4.78, 5) is 22.4. The lowest BCUT2D eigenvalue weighted by Crippen LogP contribution is -2.20. The molecule has 0 heterocycles. The lowest BCUT2D eigenvalue weighted by atomic mass is 10.0. The van der Waals surface area contributed by atoms with Crippen molar-refractivity contribution in [3.63, 3.8) is 0 Å². The summed E-state index contributed by atoms with van der Waals surface area (Å²) in [5.41, 5.74) is 0. The molecule has 0 aliphatic rings. The number of hydrogen-bond acceptors (Lipinski definition) is 6. The second kappa shape index (κ2) is 35.7. The van der Waals surface area contributed by atoms with Crippen molar-refractivity contribution in [3.05, 3.63) is 0 Å². The molecule has 2 atom stereocenters. The Labute approximate surface area is 279 Å². The summed E-state index contributed by atoms with van der Waals surface area (Å²) < 4.78 is 22.2. The molecule has 0 spiro atoms. The summed E-state index contributed by atoms with van der Waals surface area (Å²) in [7, 11) is 2.93. The normalized spacial score (nSPS) is 12.7. The summed E-state index contributed by atoms with van der Waals surface area (Å²) in [6.07, 6.45) is 36.1. The van der Waals surface area contributed by atoms with Gasteiger partial charge in [-0.3, -0.25) is 9.59 Å². The highest BCUT2D eigenvalue weighted by Gasteiger charge is 2.13. The third-order valence-corrected chi connectivity index (χ3v) is 9.14. The highest BCUT2D eigenvalue weighted by molar-refractivity contribution is 5.69. The predicted molar refractivity (Wildman–Crippen MR) is 189 cm³/mol. The molecule has 0 aromatic heterocycles. The number of carbonyl (C=O) groups excluding carboxylic acids is 2. The third kappa shape index (κ3) is 32.6. The molecule has 0 saturated heterocycles. The van der Waals surface area contributed by atoms with Crippen LogP contribution in [0.15, 0.2) is 0 Å². The SMILES string of the molecule is CCCCCCC(CCCCCCCCCCC(=O)OC)OCOC(CCCCCC)CCCCCCCCCCC(=O)OC. The van der Waals surface area contributed by atoms with E-state index < -0.39 is 0 Å². The van der Waals surface area contributed by atoms with Gasteiger partial charge in [0, 0.05) is 12.8 Å². The van der Waals surface area contributed by atoms with Gasteiger partial charge in [-0.2, -0.15) is 0 Å². The summed E-state index contributed by atoms with van der Waals surface area (Å²) >= 11 is 0. The molecule has 268 valence electrons. The highest BCUT2D eigenvalue weighted by Crippen LogP contribution is 2.20. The summed E-state index contributed by atoms with van der Waals surface area (Å²) in [6.45, 7) is 5.00. The minimum atomic E-state index is -0.0849. The van der Waals surface area contributed by atoms with Crippen LogP contribution >= 0.6 is 0 Å². The first-order valence-electron chi connectivity index (χ1n) is 19.4. The van der Waals surface area contributed by atoms with Crippen molar-refractivity contribution in [1.82, 2.24) is 0 Å². The number of ether oxygens (including phenoxy) is 4. The van der Waals surface area contributed by atoms with Crippen molar-refractivity contribution in [2.24, 2.45) is 0 Å². The zero-order valence-electron chi connectivity index (χ0n) is 30.5. The number of carbonyl (C=O) groups is 2. The van der Waals surface area contributed by atoms with E-state index >= 15 is 0 Å². The van der Waals surface area contributed by atoms with E-state index in [1.165, 1.54) is 143 Å². The monoisotopic (exact) mass is 641 g/mol. The van der Waals surface area contributed by atoms with Gasteiger partial charge in [-0.1, -0.05) is 155 Å². The van der Waals surface area contributed by atoms with Gasteiger partial charge in [-0.05, 0) is 38.5 Å². The van der Waals surface area contributed by atoms with E-state index in [4.69, 9.17) is 18.9 Å². The van der Waals surface area contributed by atoms with E-state index in [1.807, 2.05) is 0 Å². The molecule has 0 saturated carbocycles. The van der Waals surface area contributed by atoms with Gasteiger partial charge in [0.25, 0.3) is 0 Å². The van der Waals surface area contributed by atoms with Crippen molar-refractivity contribution in [3.8, 4) is 0 Å². The average molecular weight is 641 g/mol. The molecule has 2 unspecified atom stereocenters. The minimum Gasteiger partial charge on any atom is -0.469 e. The van der Waals surface area contributed by atoms with Gasteiger partial charge in [0.15, 0.2) is 0 Å². The molecule has 0 aromatic rings. The van der Waals surface area contributed by atoms with E-state index in [0.717, 1.165) is 51.4 Å². The van der Waals surface area contributed by atoms with Gasteiger partial charge in [0.1, 0.15) is 6.79 Å². The van der Waals surface area contributed by atoms with Crippen LogP contribution in [0.2, 0.25) is 0 Å². The first kappa shape index (κ1) is 43.9. The number of rotatable bonds is 36. The Morgan fingerprint density at radius 2 is 0.667 bits per heavy atom. The van der Waals surface area contributed by atoms with Crippen LogP contribution in [0, 0.1) is 0 Å². The van der Waals surface area contributed by atoms with Crippen LogP contribution in [0.1, 0.15) is 206 Å². The number of unbranched alkanes of at least 4 members (excludes halogenated alkanes) is 20. The first-order chi connectivity index (χ1) is 22.1. The van der Waals surface area contributed by atoms with Gasteiger partial charge in [-0.15, -0.1) is 0 Å². The van der Waals surface area contributed by atoms with E-state index in [9.17, 15) is 9.59 Å². The molecule has 6 heteroatoms. The summed E-state index contributed by atoms with van der Waals surface area (Å²) in [6, 6.07) is 0. The van der Waals surface area contributed by atoms with Crippen LogP contribution in [0.4, 0.5) is 0 Å². The maximum atomic E-state index is 11.2. The molecule has 0 aliphatic heterocycles. The molecule has 0 rings (SSSR count). The van der Waals surface area contributed by atoms with Crippen LogP contribution in [-0.4, -0.2) is 45.2 Å². The lowest BCUT2D eigenvalue weighted by molar-refractivity contribution is -0.141. The molecule has 6 nitrogen and oxygen atoms in total. The topological polar surface area (TPSA) is 71.1 Å². The smallest absolute Gasteiger partial charge is 0.305 e. The van der Waals surface area contributed by atoms with Crippen molar-refractivity contribution in [1.29, 1.82) is 0 Å². The number of hydrogen-bond donors (Lipinski definition) is 0. The first-order valence-corrected chi connectivity index (χ1v) is 19.4. The fourth-order valence-electron chi connectivity index (χ4n) is 6.06. The quantitative estimate of drug-likeness (QED) is 0.0385. The van der Waals surface area contributed by atoms with Gasteiger partial charge >= 0.3 is 11.9 Å². The molecular weight excluding hydrogens is 564 g/mol. The molecule has 0 fully saturated rings. The maximum absolute atomic E-state index is 11.2. The van der Waals surface area contributed by atoms with Crippen molar-refractivity contribution < 1.29 is 28.5 Å². The molecule has 0 N–H and O–H groups in total. The zero-order chi connectivity index (χ0) is 33.1. The van der Waals surface area contributed by atoms with E-state index in [2.05, 4.69) is 13.8 Å². The summed E-state index contributed by atoms with van der Waals surface area (Å²) in [5.74, 6) is -0.170. The van der Waals surface area contributed by atoms with Crippen LogP contribution in [0.3, 0.4) is 0 Å². The predicted octanol–water partition coefficient (Wildman–Crippen LogP) is 11.8. The van der Waals surface area contributed by atoms with Crippen LogP contribution < -0.4 is 0 Å². The van der Waals surface area contributed by atoms with Gasteiger partial charge in [0.05, 0.1) is 26.4 Å². The number of methoxy groups -OCH3 is 2. The van der Waals surface area contributed by atoms with Crippen molar-refractivity contribution in [2.45, 2.75) is 219 Å². The van der Waals surface area contributed by atoms with Crippen LogP contribution in [-0.2, 0) is 28.5 Å². The Morgan fingerprint density at radius 3 is 0.956 bits per heavy atom. The van der Waals surface area contributed by atoms with Crippen molar-refractivity contribution >= 4 is 11.9 Å². The zero-order valence-corrected chi connectivity index (χ0v) is 30.5. The molecule has 0 radical (unpaired) electrons. The standard InChI is InChI=1S/C39H76O6/c1-5-7-9-23-29-36(31-25-19-15-11-13-17-21-27-33-38(40)42-3)44-35-45-37(30-24-10-8-6-2)32-26-20-16-12-14-18-22-28-34-39(41)43-4/h36-37H,5-35H2,1-4H3. The Hall–Kier alpha value is -1.14. The largest absolute Gasteiger partial charge is 0.469 e. The Bertz CT molecular complexity index is 573. The second-order valence-corrected chi connectivity index (χ2v) is 13.3. The van der Waals surface area contributed by atoms with Gasteiger partial charge in [-0.25, -0.2) is 0 Å². The molecule has 0 aliphatic carbocycles. The Kier molecular flexibility index (Phi) is 34.8. The van der Waals surface area contributed by atoms with E-state index in [1.54, 1.807) is 0 Å². The molecule has 0 bridgehead atoms. The fraction of sp³-hybridized carbons (Fsp3) is 0.949. The third-order valence-electron chi connectivity index (χ3n) is 9.14. The summed E-state index contributed by atoms with van der Waals surface area (Å²) in [5, 5.41) is 0. The molecule has 0 amide bonds. The molecular formula is C39H76O6. The van der Waals surface area contributed by atoms with Crippen LogP contribution in [0.5, 0.6) is 0 Å². The number of esters is 2. The molecule has 0 aromatic carbocycles. The van der Waals surface area contributed by atoms with E-state index in [-0.39, 0.29) is 11.9 Å². The van der Waals surface area contributed by atoms with Crippen LogP contribution in [0.25, 0.3) is 0 Å². The fourth-order valence-corrected chi connectivity index (χ4v) is 6.06. The highest BCUT2D eigenvalue weighted by atomic mass is 16.7. The van der Waals surface area contributed by atoms with Crippen molar-refractivity contribution in [2.75, 3.05) is 21.0 Å². The maximum Gasteiger partial charge on any atom is 0.305 e. The second-order valence-electron chi connectivity index (χ2n) is 13.3. The van der Waals surface area contributed by atoms with E-state index in [0.29, 0.717) is 31.8 Å². The molecule has 45 heavy (non-hydrogen) atoms. The average Bonchev–Trinajstić information content (AvgIpc) is 3.05.